The standard InChI is InChI=1S/C21H30N6O2S/c22-30(28,29)25-10-6-17-7-12-27(13-8-17)21-19-9-11-26(15-20(19)23-16-24-21)14-18-4-2-1-3-5-18/h1-5,16-17,25H,6-15H2,(H2,22,28,29). The molecule has 1 aromatic carbocycles. The van der Waals surface area contributed by atoms with E-state index in [1.807, 2.05) is 6.07 Å². The molecule has 1 saturated heterocycles. The molecule has 1 aromatic heterocycles. The molecule has 162 valence electrons. The number of anilines is 1. The van der Waals surface area contributed by atoms with Gasteiger partial charge in [-0.3, -0.25) is 4.90 Å². The zero-order valence-corrected chi connectivity index (χ0v) is 18.0. The molecule has 8 nitrogen and oxygen atoms in total. The van der Waals surface area contributed by atoms with Crippen molar-refractivity contribution in [1.29, 1.82) is 0 Å². The summed E-state index contributed by atoms with van der Waals surface area (Å²) in [6, 6.07) is 10.6. The van der Waals surface area contributed by atoms with Gasteiger partial charge in [-0.25, -0.2) is 19.8 Å². The number of hydrogen-bond acceptors (Lipinski definition) is 6. The fourth-order valence-electron chi connectivity index (χ4n) is 4.48. The first-order chi connectivity index (χ1) is 14.5. The predicted octanol–water partition coefficient (Wildman–Crippen LogP) is 1.43. The molecule has 0 spiro atoms. The molecule has 0 radical (unpaired) electrons. The molecular formula is C21H30N6O2S. The number of nitrogens with one attached hydrogen (secondary N) is 1. The minimum atomic E-state index is -3.59. The van der Waals surface area contributed by atoms with Gasteiger partial charge < -0.3 is 4.90 Å². The lowest BCUT2D eigenvalue weighted by atomic mass is 9.93. The van der Waals surface area contributed by atoms with Gasteiger partial charge in [-0.2, -0.15) is 8.42 Å². The summed E-state index contributed by atoms with van der Waals surface area (Å²) in [4.78, 5) is 14.0. The van der Waals surface area contributed by atoms with Gasteiger partial charge in [0.15, 0.2) is 0 Å². The van der Waals surface area contributed by atoms with Crippen molar-refractivity contribution in [2.45, 2.75) is 38.8 Å². The number of rotatable bonds is 7. The number of fused-ring (bicyclic) bond motifs is 1. The summed E-state index contributed by atoms with van der Waals surface area (Å²) in [7, 11) is -3.59. The van der Waals surface area contributed by atoms with Crippen LogP contribution in [0.1, 0.15) is 36.1 Å². The largest absolute Gasteiger partial charge is 0.356 e. The Kier molecular flexibility index (Phi) is 6.62. The number of nitrogens with zero attached hydrogens (tertiary/aromatic N) is 4. The normalized spacial score (nSPS) is 18.4. The Morgan fingerprint density at radius 2 is 1.87 bits per heavy atom. The second kappa shape index (κ2) is 9.38. The van der Waals surface area contributed by atoms with E-state index in [0.29, 0.717) is 12.5 Å². The molecule has 0 unspecified atom stereocenters. The van der Waals surface area contributed by atoms with Gasteiger partial charge in [0, 0.05) is 44.8 Å². The molecule has 0 amide bonds. The highest BCUT2D eigenvalue weighted by molar-refractivity contribution is 7.87. The van der Waals surface area contributed by atoms with E-state index in [2.05, 4.69) is 48.8 Å². The second-order valence-electron chi connectivity index (χ2n) is 8.23. The number of piperidine rings is 1. The zero-order chi connectivity index (χ0) is 21.0. The topological polar surface area (TPSA) is 104 Å². The average molecular weight is 431 g/mol. The molecule has 4 rings (SSSR count). The van der Waals surface area contributed by atoms with Crippen molar-refractivity contribution >= 4 is 16.0 Å². The van der Waals surface area contributed by atoms with Crippen LogP contribution in [0.3, 0.4) is 0 Å². The maximum atomic E-state index is 11.0. The van der Waals surface area contributed by atoms with E-state index < -0.39 is 10.2 Å². The van der Waals surface area contributed by atoms with Gasteiger partial charge in [0.2, 0.25) is 0 Å². The average Bonchev–Trinajstić information content (AvgIpc) is 2.74. The molecule has 3 heterocycles. The van der Waals surface area contributed by atoms with E-state index in [-0.39, 0.29) is 0 Å². The molecule has 30 heavy (non-hydrogen) atoms. The van der Waals surface area contributed by atoms with Crippen molar-refractivity contribution in [1.82, 2.24) is 19.6 Å². The lowest BCUT2D eigenvalue weighted by molar-refractivity contribution is 0.241. The third-order valence-corrected chi connectivity index (χ3v) is 6.69. The smallest absolute Gasteiger partial charge is 0.274 e. The van der Waals surface area contributed by atoms with Crippen molar-refractivity contribution in [3.05, 3.63) is 53.5 Å². The van der Waals surface area contributed by atoms with Crippen molar-refractivity contribution in [2.75, 3.05) is 31.1 Å². The fraction of sp³-hybridized carbons (Fsp3) is 0.524. The van der Waals surface area contributed by atoms with E-state index in [1.165, 1.54) is 11.1 Å². The highest BCUT2D eigenvalue weighted by Gasteiger charge is 2.26. The van der Waals surface area contributed by atoms with Crippen LogP contribution in [0.2, 0.25) is 0 Å². The van der Waals surface area contributed by atoms with E-state index in [1.54, 1.807) is 6.33 Å². The molecule has 3 N–H and O–H groups in total. The molecule has 0 atom stereocenters. The lowest BCUT2D eigenvalue weighted by Crippen LogP contribution is -2.38. The fourth-order valence-corrected chi connectivity index (χ4v) is 4.88. The summed E-state index contributed by atoms with van der Waals surface area (Å²) >= 11 is 0. The number of aromatic nitrogens is 2. The van der Waals surface area contributed by atoms with E-state index in [4.69, 9.17) is 5.14 Å². The Balaban J connectivity index is 1.34. The van der Waals surface area contributed by atoms with Crippen LogP contribution in [0, 0.1) is 5.92 Å². The van der Waals surface area contributed by atoms with Crippen LogP contribution in [0.25, 0.3) is 0 Å². The predicted molar refractivity (Wildman–Crippen MR) is 117 cm³/mol. The summed E-state index contributed by atoms with van der Waals surface area (Å²) in [5, 5.41) is 5.00. The van der Waals surface area contributed by atoms with Gasteiger partial charge in [0.05, 0.1) is 5.69 Å². The SMILES string of the molecule is NS(=O)(=O)NCCC1CCN(c2ncnc3c2CCN(Cc2ccccc2)C3)CC1. The monoisotopic (exact) mass is 430 g/mol. The van der Waals surface area contributed by atoms with Gasteiger partial charge in [-0.15, -0.1) is 0 Å². The quantitative estimate of drug-likeness (QED) is 0.689. The van der Waals surface area contributed by atoms with Crippen LogP contribution in [-0.2, 0) is 29.7 Å². The second-order valence-corrected chi connectivity index (χ2v) is 9.61. The Morgan fingerprint density at radius 3 is 2.60 bits per heavy atom. The summed E-state index contributed by atoms with van der Waals surface area (Å²) in [6.45, 7) is 5.10. The zero-order valence-electron chi connectivity index (χ0n) is 17.2. The molecule has 0 saturated carbocycles. The summed E-state index contributed by atoms with van der Waals surface area (Å²) in [5.41, 5.74) is 3.76. The molecule has 0 aliphatic carbocycles. The van der Waals surface area contributed by atoms with Crippen molar-refractivity contribution in [2.24, 2.45) is 11.1 Å². The number of benzene rings is 1. The summed E-state index contributed by atoms with van der Waals surface area (Å²) < 4.78 is 24.4. The Hall–Kier alpha value is -2.07. The van der Waals surface area contributed by atoms with Gasteiger partial charge in [0.1, 0.15) is 12.1 Å². The van der Waals surface area contributed by atoms with Gasteiger partial charge in [0.25, 0.3) is 10.2 Å². The third kappa shape index (κ3) is 5.54. The molecule has 2 aliphatic rings. The van der Waals surface area contributed by atoms with E-state index >= 15 is 0 Å². The Morgan fingerprint density at radius 1 is 1.10 bits per heavy atom. The van der Waals surface area contributed by atoms with Crippen LogP contribution in [-0.4, -0.2) is 49.5 Å². The highest BCUT2D eigenvalue weighted by Crippen LogP contribution is 2.30. The maximum absolute atomic E-state index is 11.0. The van der Waals surface area contributed by atoms with E-state index in [9.17, 15) is 8.42 Å². The highest BCUT2D eigenvalue weighted by atomic mass is 32.2. The van der Waals surface area contributed by atoms with Gasteiger partial charge in [-0.1, -0.05) is 30.3 Å². The summed E-state index contributed by atoms with van der Waals surface area (Å²) in [5.74, 6) is 1.59. The van der Waals surface area contributed by atoms with Crippen LogP contribution < -0.4 is 14.8 Å². The van der Waals surface area contributed by atoms with Crippen LogP contribution in [0.5, 0.6) is 0 Å². The summed E-state index contributed by atoms with van der Waals surface area (Å²) in [6.07, 6.45) is 5.55. The van der Waals surface area contributed by atoms with Crippen molar-refractivity contribution < 1.29 is 8.42 Å². The first-order valence-electron chi connectivity index (χ1n) is 10.6. The first-order valence-corrected chi connectivity index (χ1v) is 12.1. The molecule has 1 fully saturated rings. The molecule has 2 aliphatic heterocycles. The van der Waals surface area contributed by atoms with Crippen molar-refractivity contribution in [3.63, 3.8) is 0 Å². The van der Waals surface area contributed by atoms with Crippen molar-refractivity contribution in [3.8, 4) is 0 Å². The molecular weight excluding hydrogens is 400 g/mol. The Bertz CT molecular complexity index is 945. The molecule has 0 bridgehead atoms. The van der Waals surface area contributed by atoms with Crippen LogP contribution >= 0.6 is 0 Å². The Labute approximate surface area is 178 Å². The third-order valence-electron chi connectivity index (χ3n) is 6.08. The van der Waals surface area contributed by atoms with Gasteiger partial charge >= 0.3 is 0 Å². The van der Waals surface area contributed by atoms with Crippen LogP contribution in [0.4, 0.5) is 5.82 Å². The maximum Gasteiger partial charge on any atom is 0.274 e. The molecule has 9 heteroatoms. The van der Waals surface area contributed by atoms with Gasteiger partial charge in [-0.05, 0) is 37.2 Å². The van der Waals surface area contributed by atoms with Crippen LogP contribution in [0.15, 0.2) is 36.7 Å². The molecule has 2 aromatic rings. The minimum absolute atomic E-state index is 0.406. The number of hydrogen-bond donors (Lipinski definition) is 2. The van der Waals surface area contributed by atoms with E-state index in [0.717, 1.165) is 69.9 Å². The minimum Gasteiger partial charge on any atom is -0.356 e. The first kappa shape index (κ1) is 21.2. The number of nitrogens with two attached hydrogens (primary N) is 1. The lowest BCUT2D eigenvalue weighted by Gasteiger charge is -2.36.